The summed E-state index contributed by atoms with van der Waals surface area (Å²) in [5.74, 6) is 0.335. The van der Waals surface area contributed by atoms with Gasteiger partial charge in [0, 0.05) is 12.0 Å². The van der Waals surface area contributed by atoms with E-state index in [0.29, 0.717) is 12.2 Å². The molecule has 0 spiro atoms. The van der Waals surface area contributed by atoms with E-state index in [1.807, 2.05) is 20.8 Å². The lowest BCUT2D eigenvalue weighted by molar-refractivity contribution is -0.116. The second kappa shape index (κ2) is 3.26. The summed E-state index contributed by atoms with van der Waals surface area (Å²) in [5, 5.41) is 12.7. The SMILES string of the molecule is Cc1c(C)c2c(c(C)c1O)NC(=O)CC2. The van der Waals surface area contributed by atoms with Crippen LogP contribution in [0.4, 0.5) is 5.69 Å². The van der Waals surface area contributed by atoms with Crippen LogP contribution >= 0.6 is 0 Å². The molecule has 0 aliphatic carbocycles. The number of phenols is 1. The van der Waals surface area contributed by atoms with E-state index in [9.17, 15) is 9.90 Å². The molecule has 80 valence electrons. The first kappa shape index (κ1) is 10.0. The van der Waals surface area contributed by atoms with Crippen LogP contribution in [0, 0.1) is 20.8 Å². The van der Waals surface area contributed by atoms with E-state index in [0.717, 1.165) is 28.8 Å². The van der Waals surface area contributed by atoms with Crippen molar-refractivity contribution < 1.29 is 9.90 Å². The molecule has 0 unspecified atom stereocenters. The van der Waals surface area contributed by atoms with Crippen molar-refractivity contribution in [3.63, 3.8) is 0 Å². The summed E-state index contributed by atoms with van der Waals surface area (Å²) < 4.78 is 0. The molecule has 3 nitrogen and oxygen atoms in total. The van der Waals surface area contributed by atoms with Gasteiger partial charge in [-0.25, -0.2) is 0 Å². The van der Waals surface area contributed by atoms with Gasteiger partial charge in [0.15, 0.2) is 0 Å². The average Bonchev–Trinajstić information content (AvgIpc) is 2.23. The molecule has 1 aromatic carbocycles. The van der Waals surface area contributed by atoms with Crippen LogP contribution < -0.4 is 5.32 Å². The predicted molar refractivity (Wildman–Crippen MR) is 59.3 cm³/mol. The molecule has 1 aromatic rings. The zero-order chi connectivity index (χ0) is 11.2. The summed E-state index contributed by atoms with van der Waals surface area (Å²) in [4.78, 5) is 11.3. The Hall–Kier alpha value is -1.51. The summed E-state index contributed by atoms with van der Waals surface area (Å²) in [6, 6.07) is 0. The largest absolute Gasteiger partial charge is 0.507 e. The van der Waals surface area contributed by atoms with Crippen molar-refractivity contribution in [3.8, 4) is 5.75 Å². The van der Waals surface area contributed by atoms with E-state index in [4.69, 9.17) is 0 Å². The third-order valence-corrected chi connectivity index (χ3v) is 3.27. The molecule has 2 N–H and O–H groups in total. The minimum absolute atomic E-state index is 0.0354. The van der Waals surface area contributed by atoms with Gasteiger partial charge in [0.1, 0.15) is 5.75 Å². The van der Waals surface area contributed by atoms with E-state index < -0.39 is 0 Å². The van der Waals surface area contributed by atoms with E-state index in [1.54, 1.807) is 0 Å². The molecule has 15 heavy (non-hydrogen) atoms. The number of hydrogen-bond donors (Lipinski definition) is 2. The highest BCUT2D eigenvalue weighted by atomic mass is 16.3. The minimum atomic E-state index is 0.0354. The lowest BCUT2D eigenvalue weighted by atomic mass is 9.91. The Morgan fingerprint density at radius 2 is 1.73 bits per heavy atom. The second-order valence-corrected chi connectivity index (χ2v) is 4.13. The molecule has 1 aliphatic rings. The highest BCUT2D eigenvalue weighted by molar-refractivity contribution is 5.95. The first-order valence-electron chi connectivity index (χ1n) is 5.13. The van der Waals surface area contributed by atoms with Gasteiger partial charge in [0.25, 0.3) is 0 Å². The van der Waals surface area contributed by atoms with Crippen molar-refractivity contribution in [2.75, 3.05) is 5.32 Å². The molecule has 0 aromatic heterocycles. The highest BCUT2D eigenvalue weighted by Gasteiger charge is 2.22. The molecule has 0 bridgehead atoms. The third kappa shape index (κ3) is 1.39. The zero-order valence-corrected chi connectivity index (χ0v) is 9.27. The van der Waals surface area contributed by atoms with Crippen LogP contribution in [-0.2, 0) is 11.2 Å². The number of nitrogens with one attached hydrogen (secondary N) is 1. The number of carbonyl (C=O) groups is 1. The molecule has 3 heteroatoms. The van der Waals surface area contributed by atoms with E-state index in [1.165, 1.54) is 5.56 Å². The summed E-state index contributed by atoms with van der Waals surface area (Å²) >= 11 is 0. The van der Waals surface area contributed by atoms with Crippen molar-refractivity contribution >= 4 is 11.6 Å². The summed E-state index contributed by atoms with van der Waals surface area (Å²) in [5.41, 5.74) is 4.77. The van der Waals surface area contributed by atoms with Gasteiger partial charge in [-0.3, -0.25) is 4.79 Å². The maximum absolute atomic E-state index is 11.3. The van der Waals surface area contributed by atoms with Crippen LogP contribution in [0.1, 0.15) is 28.7 Å². The number of fused-ring (bicyclic) bond motifs is 1. The summed E-state index contributed by atoms with van der Waals surface area (Å²) in [6.45, 7) is 5.74. The molecule has 1 heterocycles. The Kier molecular flexibility index (Phi) is 2.18. The number of phenolic OH excluding ortho intramolecular Hbond substituents is 1. The fourth-order valence-electron chi connectivity index (χ4n) is 2.14. The van der Waals surface area contributed by atoms with Crippen molar-refractivity contribution in [3.05, 3.63) is 22.3 Å². The Morgan fingerprint density at radius 3 is 2.40 bits per heavy atom. The highest BCUT2D eigenvalue weighted by Crippen LogP contribution is 2.37. The molecule has 0 atom stereocenters. The minimum Gasteiger partial charge on any atom is -0.507 e. The van der Waals surface area contributed by atoms with Gasteiger partial charge in [-0.2, -0.15) is 0 Å². The predicted octanol–water partition coefficient (Wildman–Crippen LogP) is 2.20. The Bertz CT molecular complexity index is 450. The molecule has 1 amide bonds. The van der Waals surface area contributed by atoms with Crippen LogP contribution in [0.25, 0.3) is 0 Å². The molecule has 0 radical (unpaired) electrons. The number of anilines is 1. The normalized spacial score (nSPS) is 14.7. The molecule has 0 saturated heterocycles. The second-order valence-electron chi connectivity index (χ2n) is 4.13. The van der Waals surface area contributed by atoms with Crippen molar-refractivity contribution in [1.29, 1.82) is 0 Å². The first-order valence-corrected chi connectivity index (χ1v) is 5.13. The molecular formula is C12H15NO2. The van der Waals surface area contributed by atoms with Gasteiger partial charge < -0.3 is 10.4 Å². The Balaban J connectivity index is 2.70. The van der Waals surface area contributed by atoms with E-state index in [-0.39, 0.29) is 5.91 Å². The Morgan fingerprint density at radius 1 is 1.07 bits per heavy atom. The lowest BCUT2D eigenvalue weighted by Crippen LogP contribution is -2.21. The fourth-order valence-corrected chi connectivity index (χ4v) is 2.14. The fraction of sp³-hybridized carbons (Fsp3) is 0.417. The number of rotatable bonds is 0. The van der Waals surface area contributed by atoms with Crippen molar-refractivity contribution in [2.24, 2.45) is 0 Å². The molecule has 0 fully saturated rings. The van der Waals surface area contributed by atoms with Crippen LogP contribution in [0.5, 0.6) is 5.75 Å². The first-order chi connectivity index (χ1) is 7.02. The maximum atomic E-state index is 11.3. The van der Waals surface area contributed by atoms with Crippen LogP contribution in [-0.4, -0.2) is 11.0 Å². The third-order valence-electron chi connectivity index (χ3n) is 3.27. The molecule has 0 saturated carbocycles. The van der Waals surface area contributed by atoms with Crippen molar-refractivity contribution in [2.45, 2.75) is 33.6 Å². The van der Waals surface area contributed by atoms with Gasteiger partial charge in [0.05, 0.1) is 5.69 Å². The van der Waals surface area contributed by atoms with E-state index in [2.05, 4.69) is 5.32 Å². The number of hydrogen-bond acceptors (Lipinski definition) is 2. The lowest BCUT2D eigenvalue weighted by Gasteiger charge is -2.23. The van der Waals surface area contributed by atoms with Gasteiger partial charge in [-0.05, 0) is 43.9 Å². The van der Waals surface area contributed by atoms with Crippen LogP contribution in [0.2, 0.25) is 0 Å². The molecule has 2 rings (SSSR count). The van der Waals surface area contributed by atoms with Gasteiger partial charge in [-0.1, -0.05) is 0 Å². The van der Waals surface area contributed by atoms with Gasteiger partial charge >= 0.3 is 0 Å². The standard InChI is InChI=1S/C12H15NO2/c1-6-7(2)12(15)8(3)11-9(6)4-5-10(14)13-11/h15H,4-5H2,1-3H3,(H,13,14). The summed E-state index contributed by atoms with van der Waals surface area (Å²) in [6.07, 6.45) is 1.31. The number of amides is 1. The van der Waals surface area contributed by atoms with E-state index >= 15 is 0 Å². The maximum Gasteiger partial charge on any atom is 0.224 e. The number of aromatic hydroxyl groups is 1. The zero-order valence-electron chi connectivity index (χ0n) is 9.27. The average molecular weight is 205 g/mol. The van der Waals surface area contributed by atoms with Crippen LogP contribution in [0.3, 0.4) is 0 Å². The molecular weight excluding hydrogens is 190 g/mol. The van der Waals surface area contributed by atoms with Crippen LogP contribution in [0.15, 0.2) is 0 Å². The van der Waals surface area contributed by atoms with Gasteiger partial charge in [-0.15, -0.1) is 0 Å². The quantitative estimate of drug-likeness (QED) is 0.682. The molecule has 1 aliphatic heterocycles. The topological polar surface area (TPSA) is 49.3 Å². The van der Waals surface area contributed by atoms with Gasteiger partial charge in [0.2, 0.25) is 5.91 Å². The number of carbonyl (C=O) groups excluding carboxylic acids is 1. The van der Waals surface area contributed by atoms with Crippen molar-refractivity contribution in [1.82, 2.24) is 0 Å². The summed E-state index contributed by atoms with van der Waals surface area (Å²) in [7, 11) is 0. The Labute approximate surface area is 89.1 Å². The monoisotopic (exact) mass is 205 g/mol. The number of benzene rings is 1. The smallest absolute Gasteiger partial charge is 0.224 e.